The Morgan fingerprint density at radius 3 is 2.72 bits per heavy atom. The molecule has 0 atom stereocenters. The molecule has 18 heavy (non-hydrogen) atoms. The van der Waals surface area contributed by atoms with E-state index in [1.54, 1.807) is 36.4 Å². The maximum absolute atomic E-state index is 13.9. The third-order valence-corrected chi connectivity index (χ3v) is 2.74. The van der Waals surface area contributed by atoms with E-state index in [-0.39, 0.29) is 5.78 Å². The molecule has 0 unspecified atom stereocenters. The van der Waals surface area contributed by atoms with Gasteiger partial charge < -0.3 is 9.32 Å². The van der Waals surface area contributed by atoms with Gasteiger partial charge in [-0.2, -0.15) is 0 Å². The van der Waals surface area contributed by atoms with Gasteiger partial charge in [-0.1, -0.05) is 0 Å². The third-order valence-electron chi connectivity index (χ3n) is 2.74. The minimum atomic E-state index is -0.406. The number of carbonyl (C=O) groups excluding carboxylic acids is 1. The van der Waals surface area contributed by atoms with Gasteiger partial charge in [0, 0.05) is 12.6 Å². The minimum Gasteiger partial charge on any atom is -0.467 e. The summed E-state index contributed by atoms with van der Waals surface area (Å²) in [5.74, 6) is 0.207. The molecule has 2 aromatic rings. The van der Waals surface area contributed by atoms with Crippen molar-refractivity contribution in [2.45, 2.75) is 13.5 Å². The fourth-order valence-corrected chi connectivity index (χ4v) is 1.76. The third kappa shape index (κ3) is 2.59. The number of hydrogen-bond donors (Lipinski definition) is 0. The summed E-state index contributed by atoms with van der Waals surface area (Å²) in [6.07, 6.45) is 1.58. The van der Waals surface area contributed by atoms with Crippen LogP contribution < -0.4 is 4.90 Å². The van der Waals surface area contributed by atoms with Crippen LogP contribution >= 0.6 is 0 Å². The van der Waals surface area contributed by atoms with Crippen LogP contribution in [0.2, 0.25) is 0 Å². The zero-order chi connectivity index (χ0) is 13.1. The summed E-state index contributed by atoms with van der Waals surface area (Å²) in [5, 5.41) is 0. The van der Waals surface area contributed by atoms with Crippen molar-refractivity contribution in [3.8, 4) is 0 Å². The second kappa shape index (κ2) is 5.04. The Labute approximate surface area is 105 Å². The Balaban J connectivity index is 2.20. The first-order chi connectivity index (χ1) is 8.58. The lowest BCUT2D eigenvalue weighted by molar-refractivity contribution is 0.101. The van der Waals surface area contributed by atoms with Gasteiger partial charge in [-0.05, 0) is 37.3 Å². The highest BCUT2D eigenvalue weighted by atomic mass is 19.1. The lowest BCUT2D eigenvalue weighted by atomic mass is 10.1. The van der Waals surface area contributed by atoms with E-state index in [4.69, 9.17) is 4.42 Å². The number of nitrogens with zero attached hydrogens (tertiary/aromatic N) is 1. The molecule has 0 amide bonds. The minimum absolute atomic E-state index is 0.144. The van der Waals surface area contributed by atoms with Gasteiger partial charge in [0.15, 0.2) is 5.78 Å². The fraction of sp³-hybridized carbons (Fsp3) is 0.214. The zero-order valence-corrected chi connectivity index (χ0v) is 10.3. The Bertz CT molecular complexity index is 549. The van der Waals surface area contributed by atoms with Crippen LogP contribution in [0.15, 0.2) is 41.0 Å². The summed E-state index contributed by atoms with van der Waals surface area (Å²) in [4.78, 5) is 12.9. The van der Waals surface area contributed by atoms with Gasteiger partial charge in [-0.3, -0.25) is 4.79 Å². The molecule has 4 heteroatoms. The number of carbonyl (C=O) groups is 1. The van der Waals surface area contributed by atoms with Crippen LogP contribution in [0.4, 0.5) is 10.1 Å². The first-order valence-electron chi connectivity index (χ1n) is 5.62. The average Bonchev–Trinajstić information content (AvgIpc) is 2.81. The van der Waals surface area contributed by atoms with Crippen molar-refractivity contribution < 1.29 is 13.6 Å². The molecule has 0 radical (unpaired) electrons. The number of rotatable bonds is 4. The Morgan fingerprint density at radius 1 is 1.39 bits per heavy atom. The first-order valence-corrected chi connectivity index (χ1v) is 5.62. The van der Waals surface area contributed by atoms with E-state index in [9.17, 15) is 9.18 Å². The number of hydrogen-bond acceptors (Lipinski definition) is 3. The Kier molecular flexibility index (Phi) is 3.46. The van der Waals surface area contributed by atoms with Gasteiger partial charge in [-0.15, -0.1) is 0 Å². The van der Waals surface area contributed by atoms with Crippen LogP contribution in [0.5, 0.6) is 0 Å². The second-order valence-electron chi connectivity index (χ2n) is 4.16. The fourth-order valence-electron chi connectivity index (χ4n) is 1.76. The van der Waals surface area contributed by atoms with Crippen molar-refractivity contribution in [2.75, 3.05) is 11.9 Å². The van der Waals surface area contributed by atoms with Crippen LogP contribution in [-0.2, 0) is 6.54 Å². The van der Waals surface area contributed by atoms with Crippen molar-refractivity contribution in [1.29, 1.82) is 0 Å². The van der Waals surface area contributed by atoms with E-state index in [0.29, 0.717) is 17.8 Å². The predicted molar refractivity (Wildman–Crippen MR) is 67.2 cm³/mol. The molecule has 0 fully saturated rings. The molecule has 1 heterocycles. The van der Waals surface area contributed by atoms with Gasteiger partial charge in [0.25, 0.3) is 0 Å². The Morgan fingerprint density at radius 2 is 2.17 bits per heavy atom. The number of anilines is 1. The van der Waals surface area contributed by atoms with E-state index < -0.39 is 5.82 Å². The summed E-state index contributed by atoms with van der Waals surface area (Å²) in [5.41, 5.74) is 0.819. The van der Waals surface area contributed by atoms with Gasteiger partial charge in [-0.25, -0.2) is 4.39 Å². The molecule has 1 aromatic carbocycles. The summed E-state index contributed by atoms with van der Waals surface area (Å²) < 4.78 is 19.1. The summed E-state index contributed by atoms with van der Waals surface area (Å²) in [6, 6.07) is 8.11. The van der Waals surface area contributed by atoms with Gasteiger partial charge in [0.1, 0.15) is 11.6 Å². The number of Topliss-reactive ketones (excluding diaryl/α,β-unsaturated/α-hetero) is 1. The van der Waals surface area contributed by atoms with Crippen molar-refractivity contribution in [2.24, 2.45) is 0 Å². The first kappa shape index (κ1) is 12.4. The van der Waals surface area contributed by atoms with Crippen molar-refractivity contribution in [3.05, 3.63) is 53.7 Å². The maximum atomic E-state index is 13.9. The van der Waals surface area contributed by atoms with Gasteiger partial charge in [0.2, 0.25) is 0 Å². The molecule has 0 saturated carbocycles. The largest absolute Gasteiger partial charge is 0.467 e. The predicted octanol–water partition coefficient (Wildman–Crippen LogP) is 3.26. The van der Waals surface area contributed by atoms with E-state index in [0.717, 1.165) is 5.76 Å². The molecule has 0 aliphatic heterocycles. The molecular formula is C14H14FNO2. The maximum Gasteiger partial charge on any atom is 0.159 e. The van der Waals surface area contributed by atoms with Crippen molar-refractivity contribution in [3.63, 3.8) is 0 Å². The SMILES string of the molecule is CC(=O)c1ccc(N(C)Cc2ccco2)c(F)c1. The molecule has 2 rings (SSSR count). The lowest BCUT2D eigenvalue weighted by Crippen LogP contribution is -2.17. The second-order valence-corrected chi connectivity index (χ2v) is 4.16. The average molecular weight is 247 g/mol. The number of furan rings is 1. The lowest BCUT2D eigenvalue weighted by Gasteiger charge is -2.18. The summed E-state index contributed by atoms with van der Waals surface area (Å²) in [7, 11) is 1.77. The molecule has 1 aromatic heterocycles. The number of ketones is 1. The zero-order valence-electron chi connectivity index (χ0n) is 10.3. The smallest absolute Gasteiger partial charge is 0.159 e. The van der Waals surface area contributed by atoms with Crippen LogP contribution in [0.1, 0.15) is 23.0 Å². The van der Waals surface area contributed by atoms with Gasteiger partial charge >= 0.3 is 0 Å². The highest BCUT2D eigenvalue weighted by molar-refractivity contribution is 5.94. The van der Waals surface area contributed by atoms with E-state index >= 15 is 0 Å². The highest BCUT2D eigenvalue weighted by Gasteiger charge is 2.11. The highest BCUT2D eigenvalue weighted by Crippen LogP contribution is 2.21. The quantitative estimate of drug-likeness (QED) is 0.777. The molecule has 0 N–H and O–H groups in total. The standard InChI is InChI=1S/C14H14FNO2/c1-10(17)11-5-6-14(13(15)8-11)16(2)9-12-4-3-7-18-12/h3-8H,9H2,1-2H3. The van der Waals surface area contributed by atoms with Crippen LogP contribution in [-0.4, -0.2) is 12.8 Å². The number of halogens is 1. The van der Waals surface area contributed by atoms with Crippen LogP contribution in [0, 0.1) is 5.82 Å². The number of benzene rings is 1. The molecule has 0 saturated heterocycles. The topological polar surface area (TPSA) is 33.5 Å². The Hall–Kier alpha value is -2.10. The van der Waals surface area contributed by atoms with Crippen LogP contribution in [0.3, 0.4) is 0 Å². The van der Waals surface area contributed by atoms with Crippen molar-refractivity contribution in [1.82, 2.24) is 0 Å². The molecule has 0 spiro atoms. The molecular weight excluding hydrogens is 233 g/mol. The summed E-state index contributed by atoms with van der Waals surface area (Å²) >= 11 is 0. The molecule has 94 valence electrons. The molecule has 0 bridgehead atoms. The summed E-state index contributed by atoms with van der Waals surface area (Å²) in [6.45, 7) is 1.89. The molecule has 3 nitrogen and oxygen atoms in total. The van der Waals surface area contributed by atoms with Gasteiger partial charge in [0.05, 0.1) is 18.5 Å². The molecule has 0 aliphatic carbocycles. The van der Waals surface area contributed by atoms with Crippen LogP contribution in [0.25, 0.3) is 0 Å². The monoisotopic (exact) mass is 247 g/mol. The molecule has 0 aliphatic rings. The normalized spacial score (nSPS) is 10.4. The van der Waals surface area contributed by atoms with Crippen molar-refractivity contribution >= 4 is 11.5 Å². The van der Waals surface area contributed by atoms with E-state index in [1.165, 1.54) is 13.0 Å². The van der Waals surface area contributed by atoms with E-state index in [1.807, 2.05) is 6.07 Å². The van der Waals surface area contributed by atoms with E-state index in [2.05, 4.69) is 0 Å².